The van der Waals surface area contributed by atoms with Gasteiger partial charge in [0.15, 0.2) is 0 Å². The van der Waals surface area contributed by atoms with E-state index in [1.165, 1.54) is 0 Å². The minimum absolute atomic E-state index is 0.131. The lowest BCUT2D eigenvalue weighted by Crippen LogP contribution is -2.27. The molecule has 0 atom stereocenters. The first-order valence-electron chi connectivity index (χ1n) is 7.46. The second-order valence-electron chi connectivity index (χ2n) is 6.65. The average molecular weight is 350 g/mol. The van der Waals surface area contributed by atoms with Crippen LogP contribution in [0.25, 0.3) is 0 Å². The Kier molecular flexibility index (Phi) is 4.70. The van der Waals surface area contributed by atoms with Crippen molar-refractivity contribution in [3.8, 4) is 0 Å². The van der Waals surface area contributed by atoms with E-state index in [1.807, 2.05) is 0 Å². The maximum absolute atomic E-state index is 12.5. The van der Waals surface area contributed by atoms with Gasteiger partial charge in [-0.3, -0.25) is 14.6 Å². The Bertz CT molecular complexity index is 844. The van der Waals surface area contributed by atoms with Crippen LogP contribution in [0.5, 0.6) is 0 Å². The minimum atomic E-state index is -3.76. The smallest absolute Gasteiger partial charge is 0.265 e. The Labute approximate surface area is 141 Å². The molecule has 0 unspecified atom stereocenters. The van der Waals surface area contributed by atoms with Gasteiger partial charge in [0.05, 0.1) is 17.1 Å². The Balaban J connectivity index is 2.25. The number of hydrogen-bond donors (Lipinski definition) is 3. The zero-order valence-electron chi connectivity index (χ0n) is 14.4. The normalized spacial score (nSPS) is 12.0. The molecule has 1 aromatic heterocycles. The van der Waals surface area contributed by atoms with Gasteiger partial charge in [-0.2, -0.15) is 5.10 Å². The third-order valence-electron chi connectivity index (χ3n) is 3.38. The fraction of sp³-hybridized carbons (Fsp3) is 0.375. The van der Waals surface area contributed by atoms with Crippen LogP contribution in [-0.4, -0.2) is 24.5 Å². The summed E-state index contributed by atoms with van der Waals surface area (Å²) in [5, 5.41) is 9.34. The first-order valence-corrected chi connectivity index (χ1v) is 8.95. The van der Waals surface area contributed by atoms with Crippen molar-refractivity contribution in [2.24, 2.45) is 5.41 Å². The number of rotatable bonds is 4. The lowest BCUT2D eigenvalue weighted by atomic mass is 9.95. The van der Waals surface area contributed by atoms with Crippen LogP contribution in [0.15, 0.2) is 29.2 Å². The van der Waals surface area contributed by atoms with Gasteiger partial charge in [-0.05, 0) is 32.0 Å². The molecule has 0 spiro atoms. The fourth-order valence-electron chi connectivity index (χ4n) is 2.12. The van der Waals surface area contributed by atoms with Crippen molar-refractivity contribution in [2.75, 3.05) is 10.0 Å². The summed E-state index contributed by atoms with van der Waals surface area (Å²) in [6.07, 6.45) is 0. The molecule has 0 fully saturated rings. The first-order chi connectivity index (χ1) is 11.0. The Hall–Kier alpha value is -2.35. The van der Waals surface area contributed by atoms with Crippen molar-refractivity contribution < 1.29 is 13.2 Å². The maximum atomic E-state index is 12.5. The fourth-order valence-corrected chi connectivity index (χ4v) is 3.54. The molecule has 1 heterocycles. The van der Waals surface area contributed by atoms with Crippen LogP contribution in [0, 0.1) is 19.3 Å². The van der Waals surface area contributed by atoms with E-state index >= 15 is 0 Å². The topological polar surface area (TPSA) is 104 Å². The Morgan fingerprint density at radius 1 is 1.17 bits per heavy atom. The van der Waals surface area contributed by atoms with E-state index in [2.05, 4.69) is 20.2 Å². The third-order valence-corrected chi connectivity index (χ3v) is 5.03. The van der Waals surface area contributed by atoms with Crippen LogP contribution in [0.4, 0.5) is 11.4 Å². The molecule has 0 saturated carbocycles. The molecule has 0 aliphatic rings. The molecule has 3 N–H and O–H groups in total. The largest absolute Gasteiger partial charge is 0.326 e. The molecule has 0 aliphatic carbocycles. The number of hydrogen-bond acceptors (Lipinski definition) is 4. The van der Waals surface area contributed by atoms with Crippen LogP contribution in [0.1, 0.15) is 32.2 Å². The molecule has 0 radical (unpaired) electrons. The predicted molar refractivity (Wildman–Crippen MR) is 93.4 cm³/mol. The molecule has 0 aliphatic heterocycles. The zero-order chi connectivity index (χ0) is 18.1. The van der Waals surface area contributed by atoms with Gasteiger partial charge in [0.1, 0.15) is 4.90 Å². The summed E-state index contributed by atoms with van der Waals surface area (Å²) in [7, 11) is -3.76. The predicted octanol–water partition coefficient (Wildman–Crippen LogP) is 2.81. The van der Waals surface area contributed by atoms with Crippen molar-refractivity contribution >= 4 is 27.3 Å². The molecular formula is C16H22N4O3S. The van der Waals surface area contributed by atoms with Gasteiger partial charge in [-0.15, -0.1) is 0 Å². The minimum Gasteiger partial charge on any atom is -0.326 e. The van der Waals surface area contributed by atoms with E-state index in [1.54, 1.807) is 58.9 Å². The number of carbonyl (C=O) groups excluding carboxylic acids is 1. The molecule has 8 heteroatoms. The summed E-state index contributed by atoms with van der Waals surface area (Å²) in [5.74, 6) is -0.149. The van der Waals surface area contributed by atoms with Crippen molar-refractivity contribution in [1.82, 2.24) is 10.2 Å². The molecule has 1 amide bonds. The Morgan fingerprint density at radius 2 is 1.79 bits per heavy atom. The van der Waals surface area contributed by atoms with Crippen LogP contribution in [0.2, 0.25) is 0 Å². The maximum Gasteiger partial charge on any atom is 0.265 e. The summed E-state index contributed by atoms with van der Waals surface area (Å²) in [4.78, 5) is 12.2. The number of aromatic amines is 1. The highest BCUT2D eigenvalue weighted by Crippen LogP contribution is 2.24. The number of amides is 1. The molecule has 1 aromatic carbocycles. The highest BCUT2D eigenvalue weighted by Gasteiger charge is 2.23. The second kappa shape index (κ2) is 6.27. The molecule has 130 valence electrons. The van der Waals surface area contributed by atoms with Crippen LogP contribution < -0.4 is 10.0 Å². The van der Waals surface area contributed by atoms with Gasteiger partial charge in [0.2, 0.25) is 5.91 Å². The van der Waals surface area contributed by atoms with E-state index in [0.717, 1.165) is 0 Å². The number of aryl methyl sites for hydroxylation is 2. The van der Waals surface area contributed by atoms with Gasteiger partial charge in [0.25, 0.3) is 10.0 Å². The number of H-pyrrole nitrogens is 1. The molecule has 2 aromatic rings. The summed E-state index contributed by atoms with van der Waals surface area (Å²) >= 11 is 0. The molecule has 0 saturated heterocycles. The highest BCUT2D eigenvalue weighted by atomic mass is 32.2. The number of carbonyl (C=O) groups is 1. The quantitative estimate of drug-likeness (QED) is 0.788. The SMILES string of the molecule is Cc1n[nH]c(C)c1S(=O)(=O)Nc1cccc(NC(=O)C(C)(C)C)c1. The molecule has 0 bridgehead atoms. The van der Waals surface area contributed by atoms with Crippen LogP contribution in [0.3, 0.4) is 0 Å². The first kappa shape index (κ1) is 18.0. The summed E-state index contributed by atoms with van der Waals surface area (Å²) in [6.45, 7) is 8.69. The van der Waals surface area contributed by atoms with Crippen molar-refractivity contribution in [3.05, 3.63) is 35.7 Å². The van der Waals surface area contributed by atoms with Crippen molar-refractivity contribution in [2.45, 2.75) is 39.5 Å². The summed E-state index contributed by atoms with van der Waals surface area (Å²) < 4.78 is 27.6. The van der Waals surface area contributed by atoms with Gasteiger partial charge >= 0.3 is 0 Å². The monoisotopic (exact) mass is 350 g/mol. The number of sulfonamides is 1. The van der Waals surface area contributed by atoms with Gasteiger partial charge in [-0.25, -0.2) is 8.42 Å². The molecule has 24 heavy (non-hydrogen) atoms. The lowest BCUT2D eigenvalue weighted by Gasteiger charge is -2.18. The Morgan fingerprint density at radius 3 is 2.33 bits per heavy atom. The number of nitrogens with zero attached hydrogens (tertiary/aromatic N) is 1. The molecular weight excluding hydrogens is 328 g/mol. The van der Waals surface area contributed by atoms with Crippen molar-refractivity contribution in [3.63, 3.8) is 0 Å². The number of anilines is 2. The molecule has 7 nitrogen and oxygen atoms in total. The number of aromatic nitrogens is 2. The van der Waals surface area contributed by atoms with E-state index in [9.17, 15) is 13.2 Å². The van der Waals surface area contributed by atoms with E-state index < -0.39 is 15.4 Å². The lowest BCUT2D eigenvalue weighted by molar-refractivity contribution is -0.123. The molecule has 2 rings (SSSR count). The van der Waals surface area contributed by atoms with Crippen LogP contribution in [-0.2, 0) is 14.8 Å². The average Bonchev–Trinajstić information content (AvgIpc) is 2.77. The summed E-state index contributed by atoms with van der Waals surface area (Å²) in [6, 6.07) is 6.57. The van der Waals surface area contributed by atoms with E-state index in [0.29, 0.717) is 22.8 Å². The standard InChI is InChI=1S/C16H22N4O3S/c1-10-14(11(2)19-18-10)24(22,23)20-13-8-6-7-12(9-13)17-15(21)16(3,4)5/h6-9,20H,1-5H3,(H,17,21)(H,18,19). The highest BCUT2D eigenvalue weighted by molar-refractivity contribution is 7.92. The van der Waals surface area contributed by atoms with Crippen LogP contribution >= 0.6 is 0 Å². The third kappa shape index (κ3) is 3.94. The van der Waals surface area contributed by atoms with Gasteiger partial charge in [0, 0.05) is 11.1 Å². The number of benzene rings is 1. The van der Waals surface area contributed by atoms with E-state index in [-0.39, 0.29) is 10.8 Å². The second-order valence-corrected chi connectivity index (χ2v) is 8.27. The van der Waals surface area contributed by atoms with E-state index in [4.69, 9.17) is 0 Å². The zero-order valence-corrected chi connectivity index (χ0v) is 15.2. The number of nitrogens with one attached hydrogen (secondary N) is 3. The summed E-state index contributed by atoms with van der Waals surface area (Å²) in [5.41, 5.74) is 1.22. The van der Waals surface area contributed by atoms with Gasteiger partial charge in [-0.1, -0.05) is 26.8 Å². The van der Waals surface area contributed by atoms with Crippen molar-refractivity contribution in [1.29, 1.82) is 0 Å². The van der Waals surface area contributed by atoms with Gasteiger partial charge < -0.3 is 5.32 Å².